The summed E-state index contributed by atoms with van der Waals surface area (Å²) in [5, 5.41) is 3.08. The Balaban J connectivity index is 0.00000236. The first-order valence-electron chi connectivity index (χ1n) is 17.7. The summed E-state index contributed by atoms with van der Waals surface area (Å²) in [6, 6.07) is 47.1. The first kappa shape index (κ1) is 36.3. The molecule has 1 fully saturated rings. The lowest BCUT2D eigenvalue weighted by Crippen LogP contribution is -2.29. The Labute approximate surface area is 310 Å². The highest BCUT2D eigenvalue weighted by atomic mass is 19.1. The van der Waals surface area contributed by atoms with E-state index in [2.05, 4.69) is 5.32 Å². The van der Waals surface area contributed by atoms with E-state index in [-0.39, 0.29) is 11.8 Å². The molecule has 0 aliphatic carbocycles. The van der Waals surface area contributed by atoms with Crippen LogP contribution in [0.4, 0.5) is 14.9 Å². The number of ketones is 1. The number of anilines is 1. The molecule has 266 valence electrons. The van der Waals surface area contributed by atoms with E-state index in [0.717, 1.165) is 27.8 Å². The van der Waals surface area contributed by atoms with Crippen LogP contribution in [0.15, 0.2) is 170 Å². The zero-order chi connectivity index (χ0) is 37.0. The van der Waals surface area contributed by atoms with Crippen molar-refractivity contribution in [3.63, 3.8) is 0 Å². The fraction of sp³-hybridized carbons (Fsp3) is 0.130. The Kier molecular flexibility index (Phi) is 12.1. The number of nitrogens with zero attached hydrogens (tertiary/aromatic N) is 1. The van der Waals surface area contributed by atoms with E-state index in [1.807, 2.05) is 147 Å². The van der Waals surface area contributed by atoms with Gasteiger partial charge in [-0.3, -0.25) is 9.69 Å². The van der Waals surface area contributed by atoms with Gasteiger partial charge in [0.15, 0.2) is 5.78 Å². The molecule has 53 heavy (non-hydrogen) atoms. The zero-order valence-corrected chi connectivity index (χ0v) is 29.7. The van der Waals surface area contributed by atoms with Gasteiger partial charge >= 0.3 is 6.03 Å². The second kappa shape index (κ2) is 17.6. The van der Waals surface area contributed by atoms with Crippen LogP contribution < -0.4 is 19.7 Å². The molecule has 0 aromatic heterocycles. The number of urea groups is 1. The van der Waals surface area contributed by atoms with Gasteiger partial charge in [0, 0.05) is 22.9 Å². The molecule has 1 N–H and O–H groups in total. The van der Waals surface area contributed by atoms with Gasteiger partial charge in [0.2, 0.25) is 0 Å². The topological polar surface area (TPSA) is 67.9 Å². The minimum absolute atomic E-state index is 0.291. The number of nitrogens with one attached hydrogen (secondary N) is 1. The van der Waals surface area contributed by atoms with Gasteiger partial charge in [0.25, 0.3) is 0 Å². The van der Waals surface area contributed by atoms with Gasteiger partial charge in [-0.2, -0.15) is 0 Å². The number of carbonyl (C=O) groups excluding carboxylic acids is 2. The first-order chi connectivity index (χ1) is 26.0. The maximum absolute atomic E-state index is 13.9. The number of allylic oxidation sites excluding steroid dienone is 1. The van der Waals surface area contributed by atoms with E-state index in [1.165, 1.54) is 30.3 Å². The SMILES string of the molecule is CC.O=C(/C=C/C1NC(=O)N(c2ccc(-c3ccccc3)cc2)C1c1ccc(OCc2ccccc2)cc1OCc1ccccc1)c1ccc(F)cc1. The van der Waals surface area contributed by atoms with Gasteiger partial charge in [0.05, 0.1) is 12.1 Å². The van der Waals surface area contributed by atoms with E-state index < -0.39 is 17.9 Å². The lowest BCUT2D eigenvalue weighted by atomic mass is 9.96. The van der Waals surface area contributed by atoms with Crippen LogP contribution in [0.25, 0.3) is 11.1 Å². The Bertz CT molecular complexity index is 2120. The van der Waals surface area contributed by atoms with Crippen LogP contribution in [0, 0.1) is 5.82 Å². The molecule has 1 saturated heterocycles. The molecule has 7 heteroatoms. The van der Waals surface area contributed by atoms with Gasteiger partial charge < -0.3 is 14.8 Å². The summed E-state index contributed by atoms with van der Waals surface area (Å²) < 4.78 is 26.3. The van der Waals surface area contributed by atoms with Crippen molar-refractivity contribution in [1.82, 2.24) is 5.32 Å². The summed E-state index contributed by atoms with van der Waals surface area (Å²) in [5.74, 6) is 0.422. The summed E-state index contributed by atoms with van der Waals surface area (Å²) >= 11 is 0. The molecular weight excluding hydrogens is 664 g/mol. The number of rotatable bonds is 12. The Morgan fingerprint density at radius 1 is 0.698 bits per heavy atom. The molecule has 6 aromatic rings. The summed E-state index contributed by atoms with van der Waals surface area (Å²) in [4.78, 5) is 28.7. The first-order valence-corrected chi connectivity index (χ1v) is 17.7. The van der Waals surface area contributed by atoms with Gasteiger partial charge in [0.1, 0.15) is 30.5 Å². The average molecular weight is 705 g/mol. The molecule has 1 heterocycles. The molecule has 7 rings (SSSR count). The fourth-order valence-corrected chi connectivity index (χ4v) is 6.14. The van der Waals surface area contributed by atoms with Crippen LogP contribution >= 0.6 is 0 Å². The van der Waals surface area contributed by atoms with Crippen LogP contribution in [0.5, 0.6) is 11.5 Å². The highest BCUT2D eigenvalue weighted by Crippen LogP contribution is 2.41. The lowest BCUT2D eigenvalue weighted by molar-refractivity contribution is 0.104. The minimum Gasteiger partial charge on any atom is -0.489 e. The molecule has 6 nitrogen and oxygen atoms in total. The van der Waals surface area contributed by atoms with Crippen LogP contribution in [0.2, 0.25) is 0 Å². The lowest BCUT2D eigenvalue weighted by Gasteiger charge is -2.28. The molecule has 0 radical (unpaired) electrons. The maximum atomic E-state index is 13.9. The van der Waals surface area contributed by atoms with Crippen LogP contribution in [-0.2, 0) is 13.2 Å². The minimum atomic E-state index is -0.620. The average Bonchev–Trinajstić information content (AvgIpc) is 3.55. The van der Waals surface area contributed by atoms with Crippen molar-refractivity contribution in [2.45, 2.75) is 39.1 Å². The zero-order valence-electron chi connectivity index (χ0n) is 29.7. The Hall–Kier alpha value is -6.47. The third-order valence-electron chi connectivity index (χ3n) is 8.75. The summed E-state index contributed by atoms with van der Waals surface area (Å²) in [6.07, 6.45) is 3.11. The molecule has 0 bridgehead atoms. The highest BCUT2D eigenvalue weighted by Gasteiger charge is 2.41. The maximum Gasteiger partial charge on any atom is 0.323 e. The normalized spacial score (nSPS) is 15.0. The predicted molar refractivity (Wildman–Crippen MR) is 209 cm³/mol. The smallest absolute Gasteiger partial charge is 0.323 e. The molecule has 6 aromatic carbocycles. The Morgan fingerprint density at radius 3 is 1.89 bits per heavy atom. The number of hydrogen-bond donors (Lipinski definition) is 1. The van der Waals surface area contributed by atoms with E-state index in [4.69, 9.17) is 9.47 Å². The molecule has 0 spiro atoms. The predicted octanol–water partition coefficient (Wildman–Crippen LogP) is 10.8. The molecule has 1 aliphatic heterocycles. The fourth-order valence-electron chi connectivity index (χ4n) is 6.14. The third kappa shape index (κ3) is 9.07. The van der Waals surface area contributed by atoms with Crippen molar-refractivity contribution in [2.75, 3.05) is 4.90 Å². The van der Waals surface area contributed by atoms with Crippen molar-refractivity contribution in [3.05, 3.63) is 198 Å². The van der Waals surface area contributed by atoms with Crippen molar-refractivity contribution in [2.24, 2.45) is 0 Å². The van der Waals surface area contributed by atoms with Gasteiger partial charge in [-0.1, -0.05) is 123 Å². The summed E-state index contributed by atoms with van der Waals surface area (Å²) in [5.41, 5.74) is 5.84. The second-order valence-electron chi connectivity index (χ2n) is 12.2. The summed E-state index contributed by atoms with van der Waals surface area (Å²) in [6.45, 7) is 4.66. The number of benzene rings is 6. The molecular formula is C46H41FN2O4. The van der Waals surface area contributed by atoms with Crippen molar-refractivity contribution in [1.29, 1.82) is 0 Å². The van der Waals surface area contributed by atoms with Gasteiger partial charge in [-0.15, -0.1) is 0 Å². The second-order valence-corrected chi connectivity index (χ2v) is 12.2. The molecule has 2 amide bonds. The Morgan fingerprint density at radius 2 is 1.26 bits per heavy atom. The van der Waals surface area contributed by atoms with E-state index in [1.54, 1.807) is 11.0 Å². The van der Waals surface area contributed by atoms with Crippen LogP contribution in [-0.4, -0.2) is 17.9 Å². The van der Waals surface area contributed by atoms with Crippen molar-refractivity contribution >= 4 is 17.5 Å². The van der Waals surface area contributed by atoms with Gasteiger partial charge in [-0.25, -0.2) is 9.18 Å². The standard InChI is InChI=1S/C44H35FN2O4.C2H6/c45-36-20-16-35(17-21-36)41(48)27-26-40-43(47(44(49)46-40)37-22-18-34(19-23-37)33-14-8-3-9-15-33)39-25-24-38(50-29-31-10-4-1-5-11-31)28-42(39)51-30-32-12-6-2-7-13-32;1-2/h1-28,40,43H,29-30H2,(H,46,49);1-2H3/b27-26+;. The van der Waals surface area contributed by atoms with E-state index >= 15 is 0 Å². The molecule has 1 aliphatic rings. The van der Waals surface area contributed by atoms with Crippen LogP contribution in [0.1, 0.15) is 46.9 Å². The summed E-state index contributed by atoms with van der Waals surface area (Å²) in [7, 11) is 0. The van der Waals surface area contributed by atoms with E-state index in [0.29, 0.717) is 36.0 Å². The van der Waals surface area contributed by atoms with Crippen LogP contribution in [0.3, 0.4) is 0 Å². The largest absolute Gasteiger partial charge is 0.489 e. The van der Waals surface area contributed by atoms with Crippen molar-refractivity contribution < 1.29 is 23.5 Å². The van der Waals surface area contributed by atoms with Crippen molar-refractivity contribution in [3.8, 4) is 22.6 Å². The molecule has 2 atom stereocenters. The number of amides is 2. The number of ether oxygens (including phenoxy) is 2. The quantitative estimate of drug-likeness (QED) is 0.102. The molecule has 2 unspecified atom stereocenters. The number of halogens is 1. The number of carbonyl (C=O) groups is 2. The highest BCUT2D eigenvalue weighted by molar-refractivity contribution is 6.05. The van der Waals surface area contributed by atoms with E-state index in [9.17, 15) is 14.0 Å². The monoisotopic (exact) mass is 704 g/mol. The van der Waals surface area contributed by atoms with Gasteiger partial charge in [-0.05, 0) is 76.9 Å². The number of hydrogen-bond acceptors (Lipinski definition) is 4. The molecule has 0 saturated carbocycles. The third-order valence-corrected chi connectivity index (χ3v) is 8.75.